The van der Waals surface area contributed by atoms with Gasteiger partial charge in [-0.05, 0) is 43.8 Å². The molecule has 0 rings (SSSR count). The quantitative estimate of drug-likeness (QED) is 0.714. The van der Waals surface area contributed by atoms with Crippen molar-refractivity contribution in [2.45, 2.75) is 78.6 Å². The molecule has 0 saturated heterocycles. The van der Waals surface area contributed by atoms with E-state index in [4.69, 9.17) is 0 Å². The first kappa shape index (κ1) is 17.3. The summed E-state index contributed by atoms with van der Waals surface area (Å²) in [6.45, 7) is 17.5. The molecule has 0 radical (unpaired) electrons. The Morgan fingerprint density at radius 2 is 1.47 bits per heavy atom. The van der Waals surface area contributed by atoms with Gasteiger partial charge in [0.1, 0.15) is 0 Å². The van der Waals surface area contributed by atoms with Crippen LogP contribution in [0.1, 0.15) is 68.2 Å². The number of rotatable bonds is 7. The van der Waals surface area contributed by atoms with Gasteiger partial charge in [-0.3, -0.25) is 0 Å². The fourth-order valence-electron chi connectivity index (χ4n) is 2.65. The van der Waals surface area contributed by atoms with Crippen LogP contribution in [0.4, 0.5) is 0 Å². The van der Waals surface area contributed by atoms with Crippen LogP contribution in [-0.2, 0) is 0 Å². The molecule has 104 valence electrons. The summed E-state index contributed by atoms with van der Waals surface area (Å²) >= 11 is 1.99. The van der Waals surface area contributed by atoms with Crippen molar-refractivity contribution in [1.29, 1.82) is 0 Å². The minimum Gasteiger partial charge on any atom is -0.390 e. The lowest BCUT2D eigenvalue weighted by molar-refractivity contribution is 0.0628. The average molecular weight is 260 g/mol. The molecule has 0 unspecified atom stereocenters. The minimum atomic E-state index is -0.571. The molecule has 0 aliphatic carbocycles. The van der Waals surface area contributed by atoms with Crippen molar-refractivity contribution >= 4 is 11.8 Å². The monoisotopic (exact) mass is 260 g/mol. The molecule has 0 aromatic carbocycles. The fraction of sp³-hybridized carbons (Fsp3) is 1.00. The highest BCUT2D eigenvalue weighted by Crippen LogP contribution is 2.38. The van der Waals surface area contributed by atoms with Crippen LogP contribution in [-0.4, -0.2) is 21.2 Å². The number of aliphatic hydroxyl groups is 1. The van der Waals surface area contributed by atoms with E-state index in [0.29, 0.717) is 5.41 Å². The predicted molar refractivity (Wildman–Crippen MR) is 80.7 cm³/mol. The van der Waals surface area contributed by atoms with E-state index in [9.17, 15) is 5.11 Å². The third kappa shape index (κ3) is 9.96. The molecule has 0 bridgehead atoms. The van der Waals surface area contributed by atoms with Crippen LogP contribution in [0, 0.1) is 11.3 Å². The first-order valence-electron chi connectivity index (χ1n) is 6.69. The highest BCUT2D eigenvalue weighted by atomic mass is 32.2. The summed E-state index contributed by atoms with van der Waals surface area (Å²) in [5, 5.41) is 9.91. The predicted octanol–water partition coefficient (Wildman–Crippen LogP) is 4.73. The molecule has 0 aliphatic heterocycles. The van der Waals surface area contributed by atoms with Crippen LogP contribution in [0.3, 0.4) is 0 Å². The van der Waals surface area contributed by atoms with E-state index in [1.807, 2.05) is 25.6 Å². The molecule has 0 aromatic rings. The molecule has 1 N–H and O–H groups in total. The first-order chi connectivity index (χ1) is 7.33. The molecule has 0 heterocycles. The molecule has 1 nitrogen and oxygen atoms in total. The Hall–Kier alpha value is 0.310. The maximum absolute atomic E-state index is 9.91. The molecule has 0 aromatic heterocycles. The Labute approximate surface area is 113 Å². The molecule has 0 atom stereocenters. The standard InChI is InChI=1S/C15H32OS/c1-12(2)9-13(3,4)11-17-15(7,8)10-14(5,6)16/h12,16H,9-11H2,1-8H3. The van der Waals surface area contributed by atoms with Crippen molar-refractivity contribution in [1.82, 2.24) is 0 Å². The molecule has 0 fully saturated rings. The molecular weight excluding hydrogens is 228 g/mol. The Kier molecular flexibility index (Phi) is 6.08. The van der Waals surface area contributed by atoms with Gasteiger partial charge in [0.15, 0.2) is 0 Å². The van der Waals surface area contributed by atoms with Crippen molar-refractivity contribution in [2.75, 3.05) is 5.75 Å². The van der Waals surface area contributed by atoms with Gasteiger partial charge >= 0.3 is 0 Å². The van der Waals surface area contributed by atoms with Crippen LogP contribution >= 0.6 is 11.8 Å². The number of hydrogen-bond donors (Lipinski definition) is 1. The highest BCUT2D eigenvalue weighted by Gasteiger charge is 2.30. The van der Waals surface area contributed by atoms with E-state index in [-0.39, 0.29) is 4.75 Å². The zero-order valence-corrected chi connectivity index (χ0v) is 13.9. The maximum Gasteiger partial charge on any atom is 0.0604 e. The topological polar surface area (TPSA) is 20.2 Å². The normalized spacial score (nSPS) is 14.5. The van der Waals surface area contributed by atoms with E-state index in [1.54, 1.807) is 0 Å². The van der Waals surface area contributed by atoms with E-state index in [2.05, 4.69) is 41.5 Å². The van der Waals surface area contributed by atoms with Crippen molar-refractivity contribution in [3.05, 3.63) is 0 Å². The Balaban J connectivity index is 4.26. The lowest BCUT2D eigenvalue weighted by Gasteiger charge is -2.35. The number of hydrogen-bond acceptors (Lipinski definition) is 2. The van der Waals surface area contributed by atoms with E-state index >= 15 is 0 Å². The summed E-state index contributed by atoms with van der Waals surface area (Å²) in [6, 6.07) is 0. The fourth-order valence-corrected chi connectivity index (χ4v) is 4.00. The van der Waals surface area contributed by atoms with Gasteiger partial charge in [0.05, 0.1) is 5.60 Å². The Morgan fingerprint density at radius 1 is 1.00 bits per heavy atom. The van der Waals surface area contributed by atoms with Crippen LogP contribution in [0.25, 0.3) is 0 Å². The molecular formula is C15H32OS. The van der Waals surface area contributed by atoms with Gasteiger partial charge in [-0.2, -0.15) is 11.8 Å². The third-order valence-electron chi connectivity index (χ3n) is 2.67. The summed E-state index contributed by atoms with van der Waals surface area (Å²) in [7, 11) is 0. The zero-order valence-electron chi connectivity index (χ0n) is 13.1. The lowest BCUT2D eigenvalue weighted by Crippen LogP contribution is -2.32. The van der Waals surface area contributed by atoms with Gasteiger partial charge in [0.2, 0.25) is 0 Å². The second-order valence-corrected chi connectivity index (χ2v) is 9.48. The van der Waals surface area contributed by atoms with Gasteiger partial charge in [-0.1, -0.05) is 41.5 Å². The van der Waals surface area contributed by atoms with Gasteiger partial charge in [-0.15, -0.1) is 0 Å². The second kappa shape index (κ2) is 5.97. The summed E-state index contributed by atoms with van der Waals surface area (Å²) in [5.74, 6) is 1.91. The van der Waals surface area contributed by atoms with Crippen molar-refractivity contribution < 1.29 is 5.11 Å². The molecule has 0 aliphatic rings. The molecule has 0 amide bonds. The largest absolute Gasteiger partial charge is 0.390 e. The maximum atomic E-state index is 9.91. The molecule has 17 heavy (non-hydrogen) atoms. The SMILES string of the molecule is CC(C)CC(C)(C)CSC(C)(C)CC(C)(C)O. The van der Waals surface area contributed by atoms with Crippen molar-refractivity contribution in [3.8, 4) is 0 Å². The summed E-state index contributed by atoms with van der Waals surface area (Å²) < 4.78 is 0.145. The second-order valence-electron chi connectivity index (χ2n) is 7.80. The Bertz CT molecular complexity index is 224. The molecule has 0 spiro atoms. The lowest BCUT2D eigenvalue weighted by atomic mass is 9.86. The number of thioether (sulfide) groups is 1. The summed E-state index contributed by atoms with van der Waals surface area (Å²) in [6.07, 6.45) is 2.10. The van der Waals surface area contributed by atoms with Crippen molar-refractivity contribution in [2.24, 2.45) is 11.3 Å². The van der Waals surface area contributed by atoms with Gasteiger partial charge < -0.3 is 5.11 Å². The van der Waals surface area contributed by atoms with Crippen LogP contribution in [0.15, 0.2) is 0 Å². The highest BCUT2D eigenvalue weighted by molar-refractivity contribution is 8.00. The third-order valence-corrected chi connectivity index (χ3v) is 4.52. The summed E-state index contributed by atoms with van der Waals surface area (Å²) in [5.41, 5.74) is -0.186. The van der Waals surface area contributed by atoms with Gasteiger partial charge in [0, 0.05) is 4.75 Å². The van der Waals surface area contributed by atoms with Crippen LogP contribution in [0.5, 0.6) is 0 Å². The van der Waals surface area contributed by atoms with E-state index in [0.717, 1.165) is 18.1 Å². The first-order valence-corrected chi connectivity index (χ1v) is 7.68. The molecule has 0 saturated carbocycles. The van der Waals surface area contributed by atoms with Gasteiger partial charge in [-0.25, -0.2) is 0 Å². The van der Waals surface area contributed by atoms with Crippen LogP contribution < -0.4 is 0 Å². The smallest absolute Gasteiger partial charge is 0.0604 e. The van der Waals surface area contributed by atoms with E-state index in [1.165, 1.54) is 6.42 Å². The van der Waals surface area contributed by atoms with Crippen LogP contribution in [0.2, 0.25) is 0 Å². The van der Waals surface area contributed by atoms with E-state index < -0.39 is 5.60 Å². The average Bonchev–Trinajstić information content (AvgIpc) is 1.94. The Morgan fingerprint density at radius 3 is 1.82 bits per heavy atom. The van der Waals surface area contributed by atoms with Crippen molar-refractivity contribution in [3.63, 3.8) is 0 Å². The molecule has 2 heteroatoms. The van der Waals surface area contributed by atoms with Gasteiger partial charge in [0.25, 0.3) is 0 Å². The zero-order chi connectivity index (χ0) is 13.9. The summed E-state index contributed by atoms with van der Waals surface area (Å²) in [4.78, 5) is 0. The minimum absolute atomic E-state index is 0.145.